The highest BCUT2D eigenvalue weighted by Crippen LogP contribution is 2.52. The SMILES string of the molecule is CP1(=O)OC=C(c2ccccc2)CN1Cc1ccccc1. The Hall–Kier alpha value is -1.83. The van der Waals surface area contributed by atoms with Gasteiger partial charge in [0.05, 0.1) is 6.26 Å². The molecule has 0 amide bonds. The van der Waals surface area contributed by atoms with E-state index in [0.717, 1.165) is 16.7 Å². The van der Waals surface area contributed by atoms with Crippen molar-refractivity contribution in [2.45, 2.75) is 6.54 Å². The molecule has 0 aliphatic carbocycles. The van der Waals surface area contributed by atoms with E-state index < -0.39 is 7.52 Å². The van der Waals surface area contributed by atoms with Crippen LogP contribution in [0.3, 0.4) is 0 Å². The maximum Gasteiger partial charge on any atom is 0.316 e. The van der Waals surface area contributed by atoms with Gasteiger partial charge < -0.3 is 4.52 Å². The highest BCUT2D eigenvalue weighted by Gasteiger charge is 2.31. The maximum absolute atomic E-state index is 12.6. The van der Waals surface area contributed by atoms with Gasteiger partial charge in [0.2, 0.25) is 0 Å². The summed E-state index contributed by atoms with van der Waals surface area (Å²) < 4.78 is 20.1. The third-order valence-electron chi connectivity index (χ3n) is 3.61. The molecule has 0 spiro atoms. The van der Waals surface area contributed by atoms with Gasteiger partial charge in [-0.2, -0.15) is 0 Å². The molecule has 0 saturated heterocycles. The summed E-state index contributed by atoms with van der Waals surface area (Å²) in [6.45, 7) is 2.93. The zero-order valence-corrected chi connectivity index (χ0v) is 12.9. The van der Waals surface area contributed by atoms with Crippen LogP contribution in [0.1, 0.15) is 11.1 Å². The molecule has 4 heteroatoms. The number of nitrogens with zero attached hydrogens (tertiary/aromatic N) is 1. The first kappa shape index (κ1) is 14.1. The summed E-state index contributed by atoms with van der Waals surface area (Å²) in [6.07, 6.45) is 1.65. The zero-order valence-electron chi connectivity index (χ0n) is 12.0. The minimum Gasteiger partial charge on any atom is -0.440 e. The van der Waals surface area contributed by atoms with Gasteiger partial charge in [-0.3, -0.25) is 4.57 Å². The van der Waals surface area contributed by atoms with Gasteiger partial charge in [-0.05, 0) is 11.1 Å². The van der Waals surface area contributed by atoms with Gasteiger partial charge in [-0.25, -0.2) is 4.67 Å². The molecule has 1 atom stereocenters. The monoisotopic (exact) mass is 299 g/mol. The summed E-state index contributed by atoms with van der Waals surface area (Å²) in [5.41, 5.74) is 3.30. The van der Waals surface area contributed by atoms with Gasteiger partial charge in [0.1, 0.15) is 0 Å². The minimum absolute atomic E-state index is 0.624. The Bertz CT molecular complexity index is 682. The minimum atomic E-state index is -2.76. The molecule has 0 saturated carbocycles. The highest BCUT2D eigenvalue weighted by atomic mass is 31.2. The van der Waals surface area contributed by atoms with Gasteiger partial charge in [0, 0.05) is 25.3 Å². The molecule has 1 heterocycles. The molecular formula is C17H18NO2P. The molecule has 3 nitrogen and oxygen atoms in total. The molecule has 3 rings (SSSR count). The topological polar surface area (TPSA) is 29.5 Å². The molecule has 21 heavy (non-hydrogen) atoms. The number of hydrogen-bond acceptors (Lipinski definition) is 2. The first-order valence-electron chi connectivity index (χ1n) is 6.95. The maximum atomic E-state index is 12.6. The standard InChI is InChI=1S/C17H18NO2P/c1-21(19)18(12-15-8-4-2-5-9-15)13-17(14-20-21)16-10-6-3-7-11-16/h2-11,14H,12-13H2,1H3. The number of hydrogen-bond donors (Lipinski definition) is 0. The van der Waals surface area contributed by atoms with Gasteiger partial charge in [-0.15, -0.1) is 0 Å². The first-order chi connectivity index (χ1) is 10.1. The van der Waals surface area contributed by atoms with Crippen molar-refractivity contribution in [2.75, 3.05) is 13.2 Å². The van der Waals surface area contributed by atoms with Crippen LogP contribution in [0.4, 0.5) is 0 Å². The third kappa shape index (κ3) is 3.26. The fraction of sp³-hybridized carbons (Fsp3) is 0.176. The van der Waals surface area contributed by atoms with E-state index in [1.54, 1.807) is 12.9 Å². The van der Waals surface area contributed by atoms with Crippen molar-refractivity contribution >= 4 is 13.1 Å². The Morgan fingerprint density at radius 2 is 1.67 bits per heavy atom. The van der Waals surface area contributed by atoms with Gasteiger partial charge in [-0.1, -0.05) is 60.7 Å². The van der Waals surface area contributed by atoms with Crippen molar-refractivity contribution in [1.82, 2.24) is 4.67 Å². The Morgan fingerprint density at radius 3 is 2.33 bits per heavy atom. The van der Waals surface area contributed by atoms with E-state index in [1.165, 1.54) is 0 Å². The van der Waals surface area contributed by atoms with E-state index in [1.807, 2.05) is 65.3 Å². The molecule has 108 valence electrons. The molecule has 0 radical (unpaired) electrons. The van der Waals surface area contributed by atoms with Crippen LogP contribution in [0, 0.1) is 0 Å². The summed E-state index contributed by atoms with van der Waals surface area (Å²) in [6, 6.07) is 20.1. The first-order valence-corrected chi connectivity index (χ1v) is 8.97. The molecule has 0 N–H and O–H groups in total. The molecule has 0 aromatic heterocycles. The summed E-state index contributed by atoms with van der Waals surface area (Å²) in [5.74, 6) is 0. The van der Waals surface area contributed by atoms with Crippen molar-refractivity contribution in [3.8, 4) is 0 Å². The van der Waals surface area contributed by atoms with Crippen molar-refractivity contribution in [1.29, 1.82) is 0 Å². The number of benzene rings is 2. The largest absolute Gasteiger partial charge is 0.440 e. The van der Waals surface area contributed by atoms with Crippen LogP contribution in [0.5, 0.6) is 0 Å². The average Bonchev–Trinajstić information content (AvgIpc) is 2.51. The van der Waals surface area contributed by atoms with Gasteiger partial charge in [0.15, 0.2) is 0 Å². The van der Waals surface area contributed by atoms with Crippen LogP contribution < -0.4 is 0 Å². The molecule has 1 aliphatic heterocycles. The molecular weight excluding hydrogens is 281 g/mol. The molecule has 1 aliphatic rings. The lowest BCUT2D eigenvalue weighted by molar-refractivity contribution is 0.332. The Morgan fingerprint density at radius 1 is 1.05 bits per heavy atom. The molecule has 2 aromatic rings. The second-order valence-corrected chi connectivity index (χ2v) is 7.61. The fourth-order valence-corrected chi connectivity index (χ4v) is 3.67. The second kappa shape index (κ2) is 5.88. The van der Waals surface area contributed by atoms with Crippen LogP contribution in [-0.2, 0) is 15.6 Å². The smallest absolute Gasteiger partial charge is 0.316 e. The number of rotatable bonds is 3. The van der Waals surface area contributed by atoms with Crippen molar-refractivity contribution < 1.29 is 9.09 Å². The molecule has 2 aromatic carbocycles. The highest BCUT2D eigenvalue weighted by molar-refractivity contribution is 7.55. The van der Waals surface area contributed by atoms with Crippen LogP contribution in [0.15, 0.2) is 66.9 Å². The average molecular weight is 299 g/mol. The van der Waals surface area contributed by atoms with E-state index >= 15 is 0 Å². The van der Waals surface area contributed by atoms with Gasteiger partial charge >= 0.3 is 7.52 Å². The van der Waals surface area contributed by atoms with Crippen molar-refractivity contribution in [3.63, 3.8) is 0 Å². The van der Waals surface area contributed by atoms with Crippen LogP contribution in [0.2, 0.25) is 0 Å². The lowest BCUT2D eigenvalue weighted by Crippen LogP contribution is -2.25. The van der Waals surface area contributed by atoms with E-state index in [2.05, 4.69) is 0 Å². The lowest BCUT2D eigenvalue weighted by atomic mass is 10.1. The molecule has 0 bridgehead atoms. The van der Waals surface area contributed by atoms with Crippen molar-refractivity contribution in [3.05, 3.63) is 78.1 Å². The molecule has 1 unspecified atom stereocenters. The van der Waals surface area contributed by atoms with Gasteiger partial charge in [0.25, 0.3) is 0 Å². The summed E-state index contributed by atoms with van der Waals surface area (Å²) in [7, 11) is -2.76. The zero-order chi connectivity index (χ0) is 14.7. The van der Waals surface area contributed by atoms with Crippen LogP contribution in [-0.4, -0.2) is 17.9 Å². The van der Waals surface area contributed by atoms with E-state index in [0.29, 0.717) is 13.1 Å². The normalized spacial score (nSPS) is 22.4. The summed E-state index contributed by atoms with van der Waals surface area (Å²) in [4.78, 5) is 0. The summed E-state index contributed by atoms with van der Waals surface area (Å²) >= 11 is 0. The lowest BCUT2D eigenvalue weighted by Gasteiger charge is -2.32. The van der Waals surface area contributed by atoms with E-state index in [-0.39, 0.29) is 0 Å². The van der Waals surface area contributed by atoms with Crippen LogP contribution >= 0.6 is 7.52 Å². The predicted molar refractivity (Wildman–Crippen MR) is 85.9 cm³/mol. The molecule has 0 fully saturated rings. The quantitative estimate of drug-likeness (QED) is 0.788. The van der Waals surface area contributed by atoms with Crippen molar-refractivity contribution in [2.24, 2.45) is 0 Å². The summed E-state index contributed by atoms with van der Waals surface area (Å²) in [5, 5.41) is 0. The van der Waals surface area contributed by atoms with Crippen LogP contribution in [0.25, 0.3) is 5.57 Å². The van der Waals surface area contributed by atoms with E-state index in [9.17, 15) is 4.57 Å². The predicted octanol–water partition coefficient (Wildman–Crippen LogP) is 4.38. The Balaban J connectivity index is 1.84. The van der Waals surface area contributed by atoms with E-state index in [4.69, 9.17) is 4.52 Å². The Labute approximate surface area is 125 Å². The fourth-order valence-electron chi connectivity index (χ4n) is 2.38. The third-order valence-corrected chi connectivity index (χ3v) is 5.42. The Kier molecular flexibility index (Phi) is 3.96. The second-order valence-electron chi connectivity index (χ2n) is 5.23.